The zero-order chi connectivity index (χ0) is 26.5. The lowest BCUT2D eigenvalue weighted by Gasteiger charge is -2.14. The summed E-state index contributed by atoms with van der Waals surface area (Å²) >= 11 is 12.8. The maximum atomic E-state index is 13.0. The number of halogens is 2. The van der Waals surface area contributed by atoms with Crippen molar-refractivity contribution in [1.29, 1.82) is 0 Å². The Morgan fingerprint density at radius 3 is 2.54 bits per heavy atom. The average molecular weight is 557 g/mol. The number of carbonyl (C=O) groups is 3. The summed E-state index contributed by atoms with van der Waals surface area (Å²) < 4.78 is 11.5. The van der Waals surface area contributed by atoms with Crippen molar-refractivity contribution in [2.45, 2.75) is 13.5 Å². The summed E-state index contributed by atoms with van der Waals surface area (Å²) in [6, 6.07) is 17.5. The molecule has 0 unspecified atom stereocenters. The van der Waals surface area contributed by atoms with Crippen LogP contribution in [0.4, 0.5) is 10.5 Å². The Hall–Kier alpha value is -3.46. The first-order chi connectivity index (χ1) is 17.7. The van der Waals surface area contributed by atoms with Gasteiger partial charge in [-0.1, -0.05) is 53.5 Å². The number of nitrogens with one attached hydrogen (secondary N) is 1. The molecule has 0 aromatic heterocycles. The molecular weight excluding hydrogens is 535 g/mol. The van der Waals surface area contributed by atoms with E-state index in [1.165, 1.54) is 7.11 Å². The molecule has 1 aliphatic rings. The van der Waals surface area contributed by atoms with Crippen molar-refractivity contribution in [2.24, 2.45) is 0 Å². The second-order valence-corrected chi connectivity index (χ2v) is 9.91. The Morgan fingerprint density at radius 2 is 1.84 bits per heavy atom. The zero-order valence-electron chi connectivity index (χ0n) is 19.9. The molecule has 37 heavy (non-hydrogen) atoms. The van der Waals surface area contributed by atoms with Crippen LogP contribution in [0, 0.1) is 6.92 Å². The third-order valence-electron chi connectivity index (χ3n) is 5.44. The van der Waals surface area contributed by atoms with E-state index in [0.29, 0.717) is 32.8 Å². The number of amides is 3. The highest BCUT2D eigenvalue weighted by Gasteiger charge is 2.36. The van der Waals surface area contributed by atoms with Gasteiger partial charge in [-0.25, -0.2) is 0 Å². The van der Waals surface area contributed by atoms with E-state index in [0.717, 1.165) is 27.8 Å². The fourth-order valence-electron chi connectivity index (χ4n) is 3.49. The van der Waals surface area contributed by atoms with Crippen LogP contribution in [-0.4, -0.2) is 35.6 Å². The molecule has 3 aromatic rings. The molecule has 1 N–H and O–H groups in total. The number of anilines is 1. The number of benzene rings is 3. The van der Waals surface area contributed by atoms with Crippen molar-refractivity contribution in [3.63, 3.8) is 0 Å². The first-order valence-corrected chi connectivity index (χ1v) is 12.7. The lowest BCUT2D eigenvalue weighted by molar-refractivity contribution is -0.127. The number of para-hydroxylation sites is 1. The number of hydrogen-bond donors (Lipinski definition) is 1. The smallest absolute Gasteiger partial charge is 0.294 e. The second-order valence-electron chi connectivity index (χ2n) is 8.07. The molecule has 4 rings (SSSR count). The molecule has 3 amide bonds. The van der Waals surface area contributed by atoms with Crippen molar-refractivity contribution in [3.05, 3.63) is 92.3 Å². The van der Waals surface area contributed by atoms with E-state index in [-0.39, 0.29) is 11.5 Å². The molecule has 0 aliphatic carbocycles. The van der Waals surface area contributed by atoms with Crippen LogP contribution in [-0.2, 0) is 16.2 Å². The summed E-state index contributed by atoms with van der Waals surface area (Å²) in [7, 11) is 1.52. The van der Waals surface area contributed by atoms with Crippen LogP contribution in [0.3, 0.4) is 0 Å². The SMILES string of the molecule is COc1cccc(/C=C2/SC(=O)N(CC(=O)Nc3ccc(C)c(Cl)c3)C2=O)c1OCc1ccc(Cl)cc1. The minimum Gasteiger partial charge on any atom is -0.493 e. The first kappa shape index (κ1) is 26.6. The van der Waals surface area contributed by atoms with Crippen LogP contribution in [0.1, 0.15) is 16.7 Å². The number of aryl methyl sites for hydroxylation is 1. The van der Waals surface area contributed by atoms with Crippen LogP contribution in [0.5, 0.6) is 11.5 Å². The molecule has 10 heteroatoms. The zero-order valence-corrected chi connectivity index (χ0v) is 22.2. The number of ether oxygens (including phenoxy) is 2. The predicted octanol–water partition coefficient (Wildman–Crippen LogP) is 6.56. The second kappa shape index (κ2) is 11.7. The van der Waals surface area contributed by atoms with Crippen molar-refractivity contribution < 1.29 is 23.9 Å². The molecule has 0 atom stereocenters. The van der Waals surface area contributed by atoms with Gasteiger partial charge in [-0.2, -0.15) is 0 Å². The highest BCUT2D eigenvalue weighted by atomic mass is 35.5. The topological polar surface area (TPSA) is 84.9 Å². The molecule has 0 bridgehead atoms. The highest BCUT2D eigenvalue weighted by molar-refractivity contribution is 8.18. The van der Waals surface area contributed by atoms with Gasteiger partial charge in [0.15, 0.2) is 11.5 Å². The van der Waals surface area contributed by atoms with E-state index < -0.39 is 23.6 Å². The standard InChI is InChI=1S/C27H22Cl2N2O5S/c1-16-6-11-20(13-21(16)29)30-24(32)14-31-26(33)23(37-27(31)34)12-18-4-3-5-22(35-2)25(18)36-15-17-7-9-19(28)10-8-17/h3-13H,14-15H2,1-2H3,(H,30,32)/b23-12+. The molecular formula is C27H22Cl2N2O5S. The van der Waals surface area contributed by atoms with Gasteiger partial charge in [0.2, 0.25) is 5.91 Å². The molecule has 1 saturated heterocycles. The van der Waals surface area contributed by atoms with Gasteiger partial charge in [-0.15, -0.1) is 0 Å². The van der Waals surface area contributed by atoms with Gasteiger partial charge in [-0.3, -0.25) is 19.3 Å². The van der Waals surface area contributed by atoms with Gasteiger partial charge >= 0.3 is 0 Å². The van der Waals surface area contributed by atoms with Crippen LogP contribution >= 0.6 is 35.0 Å². The number of carbonyl (C=O) groups excluding carboxylic acids is 3. The van der Waals surface area contributed by atoms with Crippen molar-refractivity contribution in [3.8, 4) is 11.5 Å². The summed E-state index contributed by atoms with van der Waals surface area (Å²) in [5.74, 6) is -0.200. The van der Waals surface area contributed by atoms with E-state index in [1.54, 1.807) is 54.6 Å². The molecule has 0 spiro atoms. The number of nitrogens with zero attached hydrogens (tertiary/aromatic N) is 1. The lowest BCUT2D eigenvalue weighted by Crippen LogP contribution is -2.36. The number of hydrogen-bond acceptors (Lipinski definition) is 6. The summed E-state index contributed by atoms with van der Waals surface area (Å²) in [4.78, 5) is 39.2. The molecule has 1 aliphatic heterocycles. The Labute approximate surface area is 228 Å². The first-order valence-electron chi connectivity index (χ1n) is 11.1. The van der Waals surface area contributed by atoms with Crippen LogP contribution in [0.25, 0.3) is 6.08 Å². The van der Waals surface area contributed by atoms with E-state index in [1.807, 2.05) is 19.1 Å². The minimum atomic E-state index is -0.571. The number of thioether (sulfide) groups is 1. The van der Waals surface area contributed by atoms with E-state index in [4.69, 9.17) is 32.7 Å². The average Bonchev–Trinajstić information content (AvgIpc) is 3.13. The molecule has 1 heterocycles. The van der Waals surface area contributed by atoms with Crippen LogP contribution < -0.4 is 14.8 Å². The van der Waals surface area contributed by atoms with E-state index in [9.17, 15) is 14.4 Å². The Bertz CT molecular complexity index is 1390. The third-order valence-corrected chi connectivity index (χ3v) is 7.01. The molecule has 190 valence electrons. The molecule has 0 saturated carbocycles. The largest absolute Gasteiger partial charge is 0.493 e. The summed E-state index contributed by atoms with van der Waals surface area (Å²) in [5.41, 5.74) is 2.78. The lowest BCUT2D eigenvalue weighted by atomic mass is 10.1. The van der Waals surface area contributed by atoms with Gasteiger partial charge in [0.25, 0.3) is 11.1 Å². The van der Waals surface area contributed by atoms with Crippen molar-refractivity contribution in [2.75, 3.05) is 19.0 Å². The third kappa shape index (κ3) is 6.46. The highest BCUT2D eigenvalue weighted by Crippen LogP contribution is 2.37. The normalized spacial score (nSPS) is 14.3. The Kier molecular flexibility index (Phi) is 8.43. The quantitative estimate of drug-likeness (QED) is 0.316. The molecule has 1 fully saturated rings. The van der Waals surface area contributed by atoms with Gasteiger partial charge in [0, 0.05) is 21.3 Å². The van der Waals surface area contributed by atoms with Gasteiger partial charge < -0.3 is 14.8 Å². The van der Waals surface area contributed by atoms with Gasteiger partial charge in [0.1, 0.15) is 13.2 Å². The fourth-order valence-corrected chi connectivity index (χ4v) is 4.63. The summed E-state index contributed by atoms with van der Waals surface area (Å²) in [5, 5.41) is 3.24. The number of imide groups is 1. The molecule has 3 aromatic carbocycles. The maximum absolute atomic E-state index is 13.0. The van der Waals surface area contributed by atoms with Gasteiger partial charge in [0.05, 0.1) is 12.0 Å². The monoisotopic (exact) mass is 556 g/mol. The van der Waals surface area contributed by atoms with Gasteiger partial charge in [-0.05, 0) is 66.2 Å². The van der Waals surface area contributed by atoms with E-state index >= 15 is 0 Å². The predicted molar refractivity (Wildman–Crippen MR) is 146 cm³/mol. The minimum absolute atomic E-state index is 0.167. The number of methoxy groups -OCH3 is 1. The number of rotatable bonds is 8. The Morgan fingerprint density at radius 1 is 1.08 bits per heavy atom. The van der Waals surface area contributed by atoms with Crippen LogP contribution in [0.2, 0.25) is 10.0 Å². The Balaban J connectivity index is 1.50. The summed E-state index contributed by atoms with van der Waals surface area (Å²) in [6.07, 6.45) is 1.56. The molecule has 0 radical (unpaired) electrons. The van der Waals surface area contributed by atoms with Crippen LogP contribution in [0.15, 0.2) is 65.6 Å². The maximum Gasteiger partial charge on any atom is 0.294 e. The van der Waals surface area contributed by atoms with E-state index in [2.05, 4.69) is 5.32 Å². The summed E-state index contributed by atoms with van der Waals surface area (Å²) in [6.45, 7) is 1.66. The van der Waals surface area contributed by atoms with Crippen molar-refractivity contribution in [1.82, 2.24) is 4.90 Å². The molecule has 7 nitrogen and oxygen atoms in total. The fraction of sp³-hybridized carbons (Fsp3) is 0.148. The van der Waals surface area contributed by atoms with Crippen molar-refractivity contribution >= 4 is 63.8 Å².